The number of quaternary nitrogens is 1. The van der Waals surface area contributed by atoms with Gasteiger partial charge in [0.25, 0.3) is 0 Å². The number of nitrogens with zero attached hydrogens (tertiary/aromatic N) is 1. The fourth-order valence-electron chi connectivity index (χ4n) is 7.46. The first kappa shape index (κ1) is 64.5. The van der Waals surface area contributed by atoms with Crippen LogP contribution >= 0.6 is 7.82 Å². The Labute approximate surface area is 413 Å². The van der Waals surface area contributed by atoms with E-state index >= 15 is 0 Å². The van der Waals surface area contributed by atoms with Gasteiger partial charge in [0, 0.05) is 12.8 Å². The van der Waals surface area contributed by atoms with Crippen molar-refractivity contribution in [2.45, 2.75) is 238 Å². The lowest BCUT2D eigenvalue weighted by Crippen LogP contribution is -2.47. The van der Waals surface area contributed by atoms with Crippen molar-refractivity contribution >= 4 is 19.7 Å². The predicted octanol–water partition coefficient (Wildman–Crippen LogP) is 16.1. The van der Waals surface area contributed by atoms with Crippen LogP contribution in [0.25, 0.3) is 0 Å². The molecule has 0 aliphatic carbocycles. The largest absolute Gasteiger partial charge is 0.472 e. The molecule has 0 aromatic carbocycles. The summed E-state index contributed by atoms with van der Waals surface area (Å²) in [6.45, 7) is 6.81. The number of ether oxygens (including phenoxy) is 1. The molecule has 0 heterocycles. The number of unbranched alkanes of at least 4 members (excludes halogenated alkanes) is 25. The average molecular weight is 960 g/mol. The molecule has 0 saturated heterocycles. The summed E-state index contributed by atoms with van der Waals surface area (Å²) in [7, 11) is 1.47. The molecule has 9 nitrogen and oxygen atoms in total. The minimum Gasteiger partial charge on any atom is -0.456 e. The monoisotopic (exact) mass is 960 g/mol. The smallest absolute Gasteiger partial charge is 0.456 e. The highest BCUT2D eigenvalue weighted by molar-refractivity contribution is 7.47. The van der Waals surface area contributed by atoms with Crippen LogP contribution in [0.15, 0.2) is 72.9 Å². The first-order valence-electron chi connectivity index (χ1n) is 27.3. The van der Waals surface area contributed by atoms with Crippen LogP contribution in [0.3, 0.4) is 0 Å². The second-order valence-electron chi connectivity index (χ2n) is 19.5. The number of carbonyl (C=O) groups is 2. The van der Waals surface area contributed by atoms with Gasteiger partial charge in [-0.15, -0.1) is 0 Å². The van der Waals surface area contributed by atoms with Gasteiger partial charge in [-0.3, -0.25) is 18.6 Å². The van der Waals surface area contributed by atoms with Crippen molar-refractivity contribution in [2.24, 2.45) is 0 Å². The van der Waals surface area contributed by atoms with E-state index in [1.54, 1.807) is 0 Å². The number of esters is 1. The van der Waals surface area contributed by atoms with E-state index in [2.05, 4.69) is 86.8 Å². The number of nitrogens with one attached hydrogen (secondary N) is 1. The van der Waals surface area contributed by atoms with Crippen molar-refractivity contribution in [1.29, 1.82) is 0 Å². The van der Waals surface area contributed by atoms with Crippen molar-refractivity contribution < 1.29 is 37.3 Å². The van der Waals surface area contributed by atoms with Gasteiger partial charge in [0.1, 0.15) is 19.3 Å². The van der Waals surface area contributed by atoms with E-state index in [0.29, 0.717) is 17.4 Å². The third-order valence-electron chi connectivity index (χ3n) is 11.7. The van der Waals surface area contributed by atoms with Crippen molar-refractivity contribution in [2.75, 3.05) is 40.9 Å². The number of rotatable bonds is 48. The minimum atomic E-state index is -4.45. The predicted molar refractivity (Wildman–Crippen MR) is 286 cm³/mol. The number of hydrogen-bond acceptors (Lipinski definition) is 6. The van der Waals surface area contributed by atoms with Crippen LogP contribution in [0.1, 0.15) is 226 Å². The summed E-state index contributed by atoms with van der Waals surface area (Å²) < 4.78 is 30.5. The van der Waals surface area contributed by atoms with Gasteiger partial charge in [-0.25, -0.2) is 4.57 Å². The lowest BCUT2D eigenvalue weighted by atomic mass is 10.1. The van der Waals surface area contributed by atoms with Crippen LogP contribution < -0.4 is 5.32 Å². The lowest BCUT2D eigenvalue weighted by molar-refractivity contribution is -0.870. The van der Waals surface area contributed by atoms with E-state index < -0.39 is 20.0 Å². The molecule has 0 aliphatic rings. The quantitative estimate of drug-likeness (QED) is 0.0156. The topological polar surface area (TPSA) is 111 Å². The van der Waals surface area contributed by atoms with Gasteiger partial charge in [-0.1, -0.05) is 210 Å². The number of phosphoric acid groups is 1. The molecule has 0 rings (SSSR count). The first-order valence-corrected chi connectivity index (χ1v) is 28.8. The van der Waals surface area contributed by atoms with Gasteiger partial charge in [-0.05, 0) is 76.7 Å². The summed E-state index contributed by atoms with van der Waals surface area (Å²) in [5, 5.41) is 3.03. The zero-order chi connectivity index (χ0) is 49.4. The Morgan fingerprint density at radius 3 is 1.46 bits per heavy atom. The molecule has 67 heavy (non-hydrogen) atoms. The van der Waals surface area contributed by atoms with E-state index in [-0.39, 0.29) is 31.5 Å². The van der Waals surface area contributed by atoms with Crippen LogP contribution in [0.5, 0.6) is 0 Å². The van der Waals surface area contributed by atoms with Crippen molar-refractivity contribution in [1.82, 2.24) is 5.32 Å². The second-order valence-corrected chi connectivity index (χ2v) is 20.9. The van der Waals surface area contributed by atoms with Crippen molar-refractivity contribution in [3.63, 3.8) is 0 Å². The van der Waals surface area contributed by atoms with Crippen LogP contribution in [-0.4, -0.2) is 74.3 Å². The zero-order valence-corrected chi connectivity index (χ0v) is 45.0. The summed E-state index contributed by atoms with van der Waals surface area (Å²) in [4.78, 5) is 37.5. The molecule has 10 heteroatoms. The fraction of sp³-hybridized carbons (Fsp3) is 0.754. The van der Waals surface area contributed by atoms with Gasteiger partial charge in [0.05, 0.1) is 33.8 Å². The fourth-order valence-corrected chi connectivity index (χ4v) is 8.19. The molecule has 1 amide bonds. The number of allylic oxidation sites excluding steroid dienone is 11. The van der Waals surface area contributed by atoms with Gasteiger partial charge in [-0.2, -0.15) is 0 Å². The maximum Gasteiger partial charge on any atom is 0.472 e. The number of amides is 1. The SMILES string of the molecule is CC/C=C/C=C/C=C/CCCCCCCCCC(=O)NC(COP(=O)(O)OCC[N+](C)(C)C)C(/C=C/CCCCCCCCCCC)OC(=O)CCCCCCCC/C=C/C=C/CCCCC. The molecule has 0 bridgehead atoms. The third-order valence-corrected chi connectivity index (χ3v) is 12.7. The maximum absolute atomic E-state index is 13.5. The highest BCUT2D eigenvalue weighted by Gasteiger charge is 2.30. The molecule has 0 aromatic heterocycles. The summed E-state index contributed by atoms with van der Waals surface area (Å²) >= 11 is 0. The Kier molecular flexibility index (Phi) is 45.3. The summed E-state index contributed by atoms with van der Waals surface area (Å²) in [5.41, 5.74) is 0. The number of carbonyl (C=O) groups excluding carboxylic acids is 2. The van der Waals surface area contributed by atoms with Crippen LogP contribution in [-0.2, 0) is 27.9 Å². The molecule has 0 radical (unpaired) electrons. The van der Waals surface area contributed by atoms with E-state index in [1.165, 1.54) is 96.3 Å². The second kappa shape index (κ2) is 47.1. The van der Waals surface area contributed by atoms with Crippen molar-refractivity contribution in [3.05, 3.63) is 72.9 Å². The van der Waals surface area contributed by atoms with Crippen molar-refractivity contribution in [3.8, 4) is 0 Å². The average Bonchev–Trinajstić information content (AvgIpc) is 3.28. The summed E-state index contributed by atoms with van der Waals surface area (Å²) in [6, 6.07) is -0.860. The highest BCUT2D eigenvalue weighted by atomic mass is 31.2. The van der Waals surface area contributed by atoms with Gasteiger partial charge < -0.3 is 19.4 Å². The third kappa shape index (κ3) is 48.3. The van der Waals surface area contributed by atoms with Crippen LogP contribution in [0, 0.1) is 0 Å². The van der Waals surface area contributed by atoms with E-state index in [0.717, 1.165) is 96.3 Å². The van der Waals surface area contributed by atoms with Gasteiger partial charge in [0.15, 0.2) is 0 Å². The Morgan fingerprint density at radius 2 is 0.955 bits per heavy atom. The number of phosphoric ester groups is 1. The Bertz CT molecular complexity index is 1380. The van der Waals surface area contributed by atoms with Gasteiger partial charge in [0.2, 0.25) is 5.91 Å². The minimum absolute atomic E-state index is 0.0328. The molecule has 2 N–H and O–H groups in total. The molecule has 3 atom stereocenters. The number of hydrogen-bond donors (Lipinski definition) is 2. The Hall–Kier alpha value is -2.55. The zero-order valence-electron chi connectivity index (χ0n) is 44.1. The maximum atomic E-state index is 13.5. The molecule has 0 aliphatic heterocycles. The molecule has 0 spiro atoms. The first-order chi connectivity index (χ1) is 32.4. The number of likely N-dealkylation sites (N-methyl/N-ethyl adjacent to an activating group) is 1. The molecule has 0 aromatic rings. The van der Waals surface area contributed by atoms with E-state index in [1.807, 2.05) is 33.3 Å². The van der Waals surface area contributed by atoms with E-state index in [4.69, 9.17) is 13.8 Å². The normalized spacial score (nSPS) is 14.4. The Balaban J connectivity index is 5.41. The van der Waals surface area contributed by atoms with E-state index in [9.17, 15) is 19.0 Å². The molecule has 0 fully saturated rings. The summed E-state index contributed by atoms with van der Waals surface area (Å²) in [6.07, 6.45) is 58.9. The summed E-state index contributed by atoms with van der Waals surface area (Å²) in [5.74, 6) is -0.537. The molecular formula is C57H104N2O7P+. The standard InChI is InChI=1S/C57H103N2O7P/c1-7-10-13-16-19-22-25-27-29-31-34-37-40-43-46-49-56(60)58-54(53-65-67(62,63)64-52-51-59(4,5)6)55(48-45-42-39-36-33-24-21-18-15-12-9-3)66-57(61)50-47-44-41-38-35-32-30-28-26-23-20-17-14-11-8-2/h10,13,16,19-20,22-23,25-26,28,45,48,54-55H,7-9,11-12,14-15,17-18,21,24,27,29-44,46-47,49-53H2,1-6H3,(H-,58,60,62,63)/p+1/b13-10+,19-16+,23-20+,25-22+,28-26+,48-45+. The van der Waals surface area contributed by atoms with Crippen LogP contribution in [0.2, 0.25) is 0 Å². The molecule has 3 unspecified atom stereocenters. The van der Waals surface area contributed by atoms with Gasteiger partial charge >= 0.3 is 13.8 Å². The Morgan fingerprint density at radius 1 is 0.537 bits per heavy atom. The molecular weight excluding hydrogens is 856 g/mol. The molecule has 388 valence electrons. The highest BCUT2D eigenvalue weighted by Crippen LogP contribution is 2.43. The van der Waals surface area contributed by atoms with Crippen LogP contribution in [0.4, 0.5) is 0 Å². The molecule has 0 saturated carbocycles. The lowest BCUT2D eigenvalue weighted by Gasteiger charge is -2.27.